The van der Waals surface area contributed by atoms with Gasteiger partial charge in [0.05, 0.1) is 12.3 Å². The highest BCUT2D eigenvalue weighted by Gasteiger charge is 2.23. The second kappa shape index (κ2) is 8.09. The van der Waals surface area contributed by atoms with Gasteiger partial charge in [0.25, 0.3) is 0 Å². The molecule has 5 heteroatoms. The summed E-state index contributed by atoms with van der Waals surface area (Å²) in [5.74, 6) is 0.175. The van der Waals surface area contributed by atoms with E-state index in [0.29, 0.717) is 24.6 Å². The summed E-state index contributed by atoms with van der Waals surface area (Å²) in [6, 6.07) is 6.62. The number of nitrogens with zero attached hydrogens (tertiary/aromatic N) is 1. The molecule has 1 unspecified atom stereocenters. The third kappa shape index (κ3) is 4.63. The summed E-state index contributed by atoms with van der Waals surface area (Å²) in [7, 11) is 0. The van der Waals surface area contributed by atoms with Gasteiger partial charge in [-0.25, -0.2) is 0 Å². The number of carbonyl (C=O) groups is 2. The first-order valence-electron chi connectivity index (χ1n) is 6.92. The molecule has 114 valence electrons. The first-order chi connectivity index (χ1) is 10.0. The molecule has 0 bridgehead atoms. The van der Waals surface area contributed by atoms with Crippen LogP contribution < -0.4 is 10.1 Å². The Hall–Kier alpha value is -2.30. The van der Waals surface area contributed by atoms with Crippen LogP contribution in [0.2, 0.25) is 0 Å². The lowest BCUT2D eigenvalue weighted by atomic mass is 10.2. The summed E-state index contributed by atoms with van der Waals surface area (Å²) >= 11 is 0. The van der Waals surface area contributed by atoms with Crippen LogP contribution in [0, 0.1) is 0 Å². The summed E-state index contributed by atoms with van der Waals surface area (Å²) in [4.78, 5) is 25.3. The average Bonchev–Trinajstić information content (AvgIpc) is 2.46. The fraction of sp³-hybridized carbons (Fsp3) is 0.375. The van der Waals surface area contributed by atoms with Gasteiger partial charge in [0, 0.05) is 13.5 Å². The zero-order valence-electron chi connectivity index (χ0n) is 12.8. The van der Waals surface area contributed by atoms with Crippen molar-refractivity contribution in [2.75, 3.05) is 18.5 Å². The summed E-state index contributed by atoms with van der Waals surface area (Å²) in [6.07, 6.45) is 1.60. The molecule has 0 spiro atoms. The largest absolute Gasteiger partial charge is 0.492 e. The lowest BCUT2D eigenvalue weighted by Crippen LogP contribution is -2.44. The third-order valence-corrected chi connectivity index (χ3v) is 3.02. The molecule has 0 heterocycles. The molecule has 21 heavy (non-hydrogen) atoms. The number of carbonyl (C=O) groups excluding carboxylic acids is 2. The number of anilines is 1. The van der Waals surface area contributed by atoms with Gasteiger partial charge >= 0.3 is 0 Å². The Kier molecular flexibility index (Phi) is 6.46. The topological polar surface area (TPSA) is 58.6 Å². The molecule has 0 aliphatic carbocycles. The number of ether oxygens (including phenoxy) is 1. The number of hydrogen-bond acceptors (Lipinski definition) is 3. The van der Waals surface area contributed by atoms with Gasteiger partial charge in [-0.2, -0.15) is 0 Å². The second-order valence-electron chi connectivity index (χ2n) is 4.55. The summed E-state index contributed by atoms with van der Waals surface area (Å²) in [5.41, 5.74) is 0.596. The lowest BCUT2D eigenvalue weighted by Gasteiger charge is -2.26. The van der Waals surface area contributed by atoms with Gasteiger partial charge in [0.2, 0.25) is 11.8 Å². The standard InChI is InChI=1S/C16H22N2O3/c1-5-11-18(13(4)19)12(3)16(20)17-14-9-7-8-10-15(14)21-6-2/h5,7-10,12H,1,6,11H2,2-4H3,(H,17,20). The van der Waals surface area contributed by atoms with Crippen LogP contribution in [-0.2, 0) is 9.59 Å². The maximum absolute atomic E-state index is 12.3. The molecule has 1 atom stereocenters. The minimum atomic E-state index is -0.588. The third-order valence-electron chi connectivity index (χ3n) is 3.02. The van der Waals surface area contributed by atoms with E-state index in [0.717, 1.165) is 0 Å². The average molecular weight is 290 g/mol. The van der Waals surface area contributed by atoms with Crippen LogP contribution in [0.3, 0.4) is 0 Å². The molecule has 0 aliphatic rings. The molecule has 0 saturated heterocycles. The Morgan fingerprint density at radius 3 is 2.67 bits per heavy atom. The van der Waals surface area contributed by atoms with Crippen molar-refractivity contribution in [3.8, 4) is 5.75 Å². The van der Waals surface area contributed by atoms with Gasteiger partial charge in [-0.05, 0) is 26.0 Å². The van der Waals surface area contributed by atoms with Crippen LogP contribution in [-0.4, -0.2) is 35.9 Å². The number of amides is 2. The van der Waals surface area contributed by atoms with Crippen LogP contribution in [0.4, 0.5) is 5.69 Å². The Balaban J connectivity index is 2.84. The highest BCUT2D eigenvalue weighted by atomic mass is 16.5. The molecule has 0 radical (unpaired) electrons. The van der Waals surface area contributed by atoms with E-state index in [2.05, 4.69) is 11.9 Å². The van der Waals surface area contributed by atoms with Gasteiger partial charge in [0.15, 0.2) is 0 Å². The van der Waals surface area contributed by atoms with Crippen molar-refractivity contribution in [2.24, 2.45) is 0 Å². The number of nitrogens with one attached hydrogen (secondary N) is 1. The van der Waals surface area contributed by atoms with Gasteiger partial charge in [-0.3, -0.25) is 9.59 Å². The van der Waals surface area contributed by atoms with Crippen LogP contribution in [0.25, 0.3) is 0 Å². The molecule has 1 aromatic rings. The van der Waals surface area contributed by atoms with E-state index in [-0.39, 0.29) is 11.8 Å². The van der Waals surface area contributed by atoms with Gasteiger partial charge in [0.1, 0.15) is 11.8 Å². The van der Waals surface area contributed by atoms with Crippen LogP contribution >= 0.6 is 0 Å². The van der Waals surface area contributed by atoms with E-state index >= 15 is 0 Å². The van der Waals surface area contributed by atoms with Crippen molar-refractivity contribution in [1.29, 1.82) is 0 Å². The molecule has 2 amide bonds. The fourth-order valence-corrected chi connectivity index (χ4v) is 1.93. The Labute approximate surface area is 125 Å². The highest BCUT2D eigenvalue weighted by molar-refractivity contribution is 5.97. The SMILES string of the molecule is C=CCN(C(C)=O)C(C)C(=O)Nc1ccccc1OCC. The monoisotopic (exact) mass is 290 g/mol. The van der Waals surface area contributed by atoms with E-state index in [1.165, 1.54) is 11.8 Å². The van der Waals surface area contributed by atoms with Crippen molar-refractivity contribution in [2.45, 2.75) is 26.8 Å². The summed E-state index contributed by atoms with van der Waals surface area (Å²) < 4.78 is 5.46. The first kappa shape index (κ1) is 16.8. The highest BCUT2D eigenvalue weighted by Crippen LogP contribution is 2.24. The zero-order valence-corrected chi connectivity index (χ0v) is 12.8. The van der Waals surface area contributed by atoms with Gasteiger partial charge < -0.3 is 15.0 Å². The summed E-state index contributed by atoms with van der Waals surface area (Å²) in [6.45, 7) is 9.44. The van der Waals surface area contributed by atoms with Crippen molar-refractivity contribution in [3.63, 3.8) is 0 Å². The maximum atomic E-state index is 12.3. The normalized spacial score (nSPS) is 11.4. The van der Waals surface area contributed by atoms with Crippen molar-refractivity contribution in [1.82, 2.24) is 4.90 Å². The molecule has 1 N–H and O–H groups in total. The molecule has 0 aliphatic heterocycles. The summed E-state index contributed by atoms with van der Waals surface area (Å²) in [5, 5.41) is 2.80. The van der Waals surface area contributed by atoms with E-state index < -0.39 is 6.04 Å². The van der Waals surface area contributed by atoms with Crippen LogP contribution in [0.5, 0.6) is 5.75 Å². The Bertz CT molecular complexity index is 514. The fourth-order valence-electron chi connectivity index (χ4n) is 1.93. The quantitative estimate of drug-likeness (QED) is 0.785. The van der Waals surface area contributed by atoms with E-state index in [1.807, 2.05) is 19.1 Å². The Morgan fingerprint density at radius 2 is 2.10 bits per heavy atom. The number of hydrogen-bond donors (Lipinski definition) is 1. The first-order valence-corrected chi connectivity index (χ1v) is 6.92. The number of para-hydroxylation sites is 2. The molecule has 0 aromatic heterocycles. The predicted molar refractivity (Wildman–Crippen MR) is 83.3 cm³/mol. The van der Waals surface area contributed by atoms with Crippen LogP contribution in [0.15, 0.2) is 36.9 Å². The van der Waals surface area contributed by atoms with Gasteiger partial charge in [-0.15, -0.1) is 6.58 Å². The molecular formula is C16H22N2O3. The molecule has 1 aromatic carbocycles. The lowest BCUT2D eigenvalue weighted by molar-refractivity contribution is -0.135. The van der Waals surface area contributed by atoms with Crippen LogP contribution in [0.1, 0.15) is 20.8 Å². The minimum absolute atomic E-state index is 0.171. The number of benzene rings is 1. The predicted octanol–water partition coefficient (Wildman–Crippen LogP) is 2.45. The minimum Gasteiger partial charge on any atom is -0.492 e. The van der Waals surface area contributed by atoms with Crippen molar-refractivity contribution < 1.29 is 14.3 Å². The van der Waals surface area contributed by atoms with E-state index in [9.17, 15) is 9.59 Å². The number of rotatable bonds is 7. The molecule has 1 rings (SSSR count). The van der Waals surface area contributed by atoms with Gasteiger partial charge in [-0.1, -0.05) is 18.2 Å². The van der Waals surface area contributed by atoms with Crippen molar-refractivity contribution in [3.05, 3.63) is 36.9 Å². The smallest absolute Gasteiger partial charge is 0.247 e. The Morgan fingerprint density at radius 1 is 1.43 bits per heavy atom. The molecule has 0 fully saturated rings. The van der Waals surface area contributed by atoms with E-state index in [1.54, 1.807) is 25.1 Å². The molecular weight excluding hydrogens is 268 g/mol. The maximum Gasteiger partial charge on any atom is 0.247 e. The zero-order chi connectivity index (χ0) is 15.8. The molecule has 0 saturated carbocycles. The van der Waals surface area contributed by atoms with Crippen molar-refractivity contribution >= 4 is 17.5 Å². The van der Waals surface area contributed by atoms with E-state index in [4.69, 9.17) is 4.74 Å². The molecule has 5 nitrogen and oxygen atoms in total. The second-order valence-corrected chi connectivity index (χ2v) is 4.55.